The SMILES string of the molecule is Cc1ccc(NC(=O)CN2CCC(C(=O)NCc3ccccc3Cl)CC2)c(C)c1. The van der Waals surface area contributed by atoms with Crippen molar-refractivity contribution in [1.29, 1.82) is 0 Å². The van der Waals surface area contributed by atoms with E-state index in [1.54, 1.807) is 0 Å². The Hall–Kier alpha value is -2.37. The van der Waals surface area contributed by atoms with E-state index in [0.29, 0.717) is 18.1 Å². The highest BCUT2D eigenvalue weighted by molar-refractivity contribution is 6.31. The molecule has 1 heterocycles. The molecule has 1 saturated heterocycles. The number of amides is 2. The Morgan fingerprint density at radius 1 is 1.10 bits per heavy atom. The van der Waals surface area contributed by atoms with Crippen molar-refractivity contribution in [3.05, 3.63) is 64.2 Å². The minimum Gasteiger partial charge on any atom is -0.352 e. The normalized spacial score (nSPS) is 15.1. The zero-order valence-corrected chi connectivity index (χ0v) is 17.8. The zero-order chi connectivity index (χ0) is 20.8. The van der Waals surface area contributed by atoms with Crippen molar-refractivity contribution in [2.24, 2.45) is 5.92 Å². The lowest BCUT2D eigenvalue weighted by molar-refractivity contribution is -0.126. The maximum atomic E-state index is 12.5. The Kier molecular flexibility index (Phi) is 7.29. The summed E-state index contributed by atoms with van der Waals surface area (Å²) in [5.41, 5.74) is 4.01. The molecule has 0 aliphatic carbocycles. The van der Waals surface area contributed by atoms with Crippen molar-refractivity contribution in [1.82, 2.24) is 10.2 Å². The van der Waals surface area contributed by atoms with Crippen LogP contribution >= 0.6 is 11.6 Å². The summed E-state index contributed by atoms with van der Waals surface area (Å²) in [6.07, 6.45) is 1.51. The number of nitrogens with one attached hydrogen (secondary N) is 2. The number of hydrogen-bond donors (Lipinski definition) is 2. The van der Waals surface area contributed by atoms with E-state index in [0.717, 1.165) is 42.7 Å². The van der Waals surface area contributed by atoms with Gasteiger partial charge in [0.2, 0.25) is 11.8 Å². The van der Waals surface area contributed by atoms with Crippen LogP contribution in [0.15, 0.2) is 42.5 Å². The lowest BCUT2D eigenvalue weighted by Gasteiger charge is -2.30. The maximum absolute atomic E-state index is 12.5. The first-order valence-corrected chi connectivity index (χ1v) is 10.4. The van der Waals surface area contributed by atoms with Crippen LogP contribution in [0.5, 0.6) is 0 Å². The van der Waals surface area contributed by atoms with Gasteiger partial charge in [-0.3, -0.25) is 14.5 Å². The molecule has 0 saturated carbocycles. The highest BCUT2D eigenvalue weighted by Gasteiger charge is 2.26. The molecule has 0 unspecified atom stereocenters. The van der Waals surface area contributed by atoms with E-state index in [1.807, 2.05) is 50.2 Å². The highest BCUT2D eigenvalue weighted by atomic mass is 35.5. The number of carbonyl (C=O) groups excluding carboxylic acids is 2. The summed E-state index contributed by atoms with van der Waals surface area (Å²) in [6.45, 7) is 6.30. The quantitative estimate of drug-likeness (QED) is 0.754. The number of nitrogens with zero attached hydrogens (tertiary/aromatic N) is 1. The molecule has 2 amide bonds. The third-order valence-corrected chi connectivity index (χ3v) is 5.76. The van der Waals surface area contributed by atoms with Crippen molar-refractivity contribution in [2.45, 2.75) is 33.2 Å². The van der Waals surface area contributed by atoms with E-state index < -0.39 is 0 Å². The molecule has 1 aliphatic rings. The van der Waals surface area contributed by atoms with E-state index >= 15 is 0 Å². The Morgan fingerprint density at radius 3 is 2.52 bits per heavy atom. The smallest absolute Gasteiger partial charge is 0.238 e. The number of halogens is 1. The van der Waals surface area contributed by atoms with Gasteiger partial charge in [0, 0.05) is 23.2 Å². The largest absolute Gasteiger partial charge is 0.352 e. The van der Waals surface area contributed by atoms with Crippen molar-refractivity contribution in [3.63, 3.8) is 0 Å². The lowest BCUT2D eigenvalue weighted by atomic mass is 9.96. The van der Waals surface area contributed by atoms with Gasteiger partial charge in [-0.05, 0) is 63.0 Å². The van der Waals surface area contributed by atoms with Gasteiger partial charge in [-0.25, -0.2) is 0 Å². The number of benzene rings is 2. The molecule has 0 spiro atoms. The van der Waals surface area contributed by atoms with Crippen LogP contribution < -0.4 is 10.6 Å². The number of anilines is 1. The highest BCUT2D eigenvalue weighted by Crippen LogP contribution is 2.20. The fourth-order valence-corrected chi connectivity index (χ4v) is 3.87. The summed E-state index contributed by atoms with van der Waals surface area (Å²) in [5, 5.41) is 6.64. The van der Waals surface area contributed by atoms with Crippen molar-refractivity contribution >= 4 is 29.1 Å². The predicted octanol–water partition coefficient (Wildman–Crippen LogP) is 3.92. The van der Waals surface area contributed by atoms with Crippen molar-refractivity contribution in [2.75, 3.05) is 25.0 Å². The predicted molar refractivity (Wildman–Crippen MR) is 117 cm³/mol. The average molecular weight is 414 g/mol. The van der Waals surface area contributed by atoms with E-state index in [2.05, 4.69) is 21.6 Å². The molecule has 29 heavy (non-hydrogen) atoms. The number of likely N-dealkylation sites (tertiary alicyclic amines) is 1. The molecule has 2 N–H and O–H groups in total. The fraction of sp³-hybridized carbons (Fsp3) is 0.391. The fourth-order valence-electron chi connectivity index (χ4n) is 3.67. The average Bonchev–Trinajstić information content (AvgIpc) is 2.70. The van der Waals surface area contributed by atoms with Crippen LogP contribution in [0.25, 0.3) is 0 Å². The van der Waals surface area contributed by atoms with Gasteiger partial charge in [-0.15, -0.1) is 0 Å². The molecule has 0 aromatic heterocycles. The first-order chi connectivity index (χ1) is 13.9. The molecule has 2 aromatic rings. The van der Waals surface area contributed by atoms with Crippen LogP contribution in [0.1, 0.15) is 29.5 Å². The summed E-state index contributed by atoms with van der Waals surface area (Å²) >= 11 is 6.14. The number of rotatable bonds is 6. The minimum atomic E-state index is -0.0175. The number of carbonyl (C=O) groups is 2. The lowest BCUT2D eigenvalue weighted by Crippen LogP contribution is -2.43. The summed E-state index contributed by atoms with van der Waals surface area (Å²) in [6, 6.07) is 13.5. The monoisotopic (exact) mass is 413 g/mol. The van der Waals surface area contributed by atoms with Crippen LogP contribution in [-0.2, 0) is 16.1 Å². The molecule has 5 nitrogen and oxygen atoms in total. The van der Waals surface area contributed by atoms with Crippen LogP contribution in [0, 0.1) is 19.8 Å². The number of hydrogen-bond acceptors (Lipinski definition) is 3. The third kappa shape index (κ3) is 6.05. The van der Waals surface area contributed by atoms with Gasteiger partial charge in [0.05, 0.1) is 6.54 Å². The van der Waals surface area contributed by atoms with Gasteiger partial charge in [0.1, 0.15) is 0 Å². The van der Waals surface area contributed by atoms with Crippen LogP contribution in [0.3, 0.4) is 0 Å². The summed E-state index contributed by atoms with van der Waals surface area (Å²) in [7, 11) is 0. The zero-order valence-electron chi connectivity index (χ0n) is 17.0. The molecule has 1 aliphatic heterocycles. The first kappa shape index (κ1) is 21.3. The second kappa shape index (κ2) is 9.90. The molecule has 0 atom stereocenters. The molecular formula is C23H28ClN3O2. The molecule has 2 aromatic carbocycles. The van der Waals surface area contributed by atoms with Crippen molar-refractivity contribution in [3.8, 4) is 0 Å². The van der Waals surface area contributed by atoms with Gasteiger partial charge < -0.3 is 10.6 Å². The Bertz CT molecular complexity index is 876. The van der Waals surface area contributed by atoms with E-state index in [1.165, 1.54) is 5.56 Å². The molecule has 3 rings (SSSR count). The van der Waals surface area contributed by atoms with Gasteiger partial charge >= 0.3 is 0 Å². The summed E-state index contributed by atoms with van der Waals surface area (Å²) < 4.78 is 0. The Balaban J connectivity index is 1.42. The second-order valence-corrected chi connectivity index (χ2v) is 8.13. The molecule has 6 heteroatoms. The number of aryl methyl sites for hydroxylation is 2. The van der Waals surface area contributed by atoms with Crippen LogP contribution in [0.4, 0.5) is 5.69 Å². The van der Waals surface area contributed by atoms with E-state index in [4.69, 9.17) is 11.6 Å². The maximum Gasteiger partial charge on any atom is 0.238 e. The minimum absolute atomic E-state index is 0.0152. The topological polar surface area (TPSA) is 61.4 Å². The van der Waals surface area contributed by atoms with E-state index in [9.17, 15) is 9.59 Å². The Morgan fingerprint density at radius 2 is 1.83 bits per heavy atom. The third-order valence-electron chi connectivity index (χ3n) is 5.39. The van der Waals surface area contributed by atoms with Gasteiger partial charge in [0.15, 0.2) is 0 Å². The summed E-state index contributed by atoms with van der Waals surface area (Å²) in [4.78, 5) is 27.0. The van der Waals surface area contributed by atoms with Crippen LogP contribution in [0.2, 0.25) is 5.02 Å². The summed E-state index contributed by atoms with van der Waals surface area (Å²) in [5.74, 6) is 0.0269. The Labute approximate surface area is 177 Å². The molecular weight excluding hydrogens is 386 g/mol. The molecule has 0 radical (unpaired) electrons. The van der Waals surface area contributed by atoms with Gasteiger partial charge in [-0.2, -0.15) is 0 Å². The van der Waals surface area contributed by atoms with Crippen molar-refractivity contribution < 1.29 is 9.59 Å². The van der Waals surface area contributed by atoms with Gasteiger partial charge in [-0.1, -0.05) is 47.5 Å². The second-order valence-electron chi connectivity index (χ2n) is 7.73. The van der Waals surface area contributed by atoms with E-state index in [-0.39, 0.29) is 17.7 Å². The molecule has 154 valence electrons. The first-order valence-electron chi connectivity index (χ1n) is 10.0. The standard InChI is InChI=1S/C23H28ClN3O2/c1-16-7-8-21(17(2)13-16)26-22(28)15-27-11-9-18(10-12-27)23(29)25-14-19-5-3-4-6-20(19)24/h3-8,13,18H,9-12,14-15H2,1-2H3,(H,25,29)(H,26,28). The van der Waals surface area contributed by atoms with Crippen LogP contribution in [-0.4, -0.2) is 36.3 Å². The number of piperidine rings is 1. The molecule has 1 fully saturated rings. The molecule has 0 bridgehead atoms. The van der Waals surface area contributed by atoms with Gasteiger partial charge in [0.25, 0.3) is 0 Å².